The maximum atomic E-state index is 12.7. The van der Waals surface area contributed by atoms with Crippen LogP contribution in [0.25, 0.3) is 0 Å². The quantitative estimate of drug-likeness (QED) is 0.812. The molecular formula is C13H16F3NO2. The zero-order chi connectivity index (χ0) is 14.5. The zero-order valence-electron chi connectivity index (χ0n) is 10.5. The molecule has 1 aromatic carbocycles. The monoisotopic (exact) mass is 275 g/mol. The highest BCUT2D eigenvalue weighted by atomic mass is 19.4. The van der Waals surface area contributed by atoms with Crippen LogP contribution in [0.2, 0.25) is 0 Å². The first kappa shape index (κ1) is 15.7. The Morgan fingerprint density at radius 2 is 2.00 bits per heavy atom. The van der Waals surface area contributed by atoms with Crippen LogP contribution in [0.3, 0.4) is 0 Å². The van der Waals surface area contributed by atoms with Gasteiger partial charge in [0, 0.05) is 31.7 Å². The molecule has 0 aliphatic rings. The molecule has 0 saturated heterocycles. The minimum Gasteiger partial charge on any atom is -0.385 e. The predicted octanol–water partition coefficient (Wildman–Crippen LogP) is 2.64. The third kappa shape index (κ3) is 4.65. The largest absolute Gasteiger partial charge is 0.417 e. The highest BCUT2D eigenvalue weighted by molar-refractivity contribution is 5.98. The van der Waals surface area contributed by atoms with E-state index in [9.17, 15) is 18.0 Å². The van der Waals surface area contributed by atoms with Gasteiger partial charge in [-0.15, -0.1) is 0 Å². The molecule has 0 heterocycles. The van der Waals surface area contributed by atoms with Gasteiger partial charge in [-0.05, 0) is 12.5 Å². The Labute approximate surface area is 109 Å². The van der Waals surface area contributed by atoms with E-state index in [1.165, 1.54) is 25.3 Å². The molecule has 0 radical (unpaired) electrons. The molecule has 0 aliphatic heterocycles. The third-order valence-electron chi connectivity index (χ3n) is 2.67. The van der Waals surface area contributed by atoms with Crippen LogP contribution in [0.4, 0.5) is 13.2 Å². The highest BCUT2D eigenvalue weighted by Gasteiger charge is 2.34. The average Bonchev–Trinajstić information content (AvgIpc) is 2.35. The number of nitrogens with two attached hydrogens (primary N) is 1. The number of alkyl halides is 3. The van der Waals surface area contributed by atoms with Gasteiger partial charge in [0.1, 0.15) is 0 Å². The molecule has 2 N–H and O–H groups in total. The van der Waals surface area contributed by atoms with E-state index >= 15 is 0 Å². The number of hydrogen-bond donors (Lipinski definition) is 1. The maximum absolute atomic E-state index is 12.7. The summed E-state index contributed by atoms with van der Waals surface area (Å²) in [7, 11) is 1.49. The predicted molar refractivity (Wildman–Crippen MR) is 64.9 cm³/mol. The van der Waals surface area contributed by atoms with Crippen LogP contribution in [0.1, 0.15) is 28.8 Å². The standard InChI is InChI=1S/C13H16F3NO2/c1-19-7-6-9(17)8-12(18)10-4-2-3-5-11(10)13(14,15)16/h2-5,9H,6-8,17H2,1H3. The molecule has 0 amide bonds. The minimum atomic E-state index is -4.54. The molecule has 0 fully saturated rings. The highest BCUT2D eigenvalue weighted by Crippen LogP contribution is 2.32. The summed E-state index contributed by atoms with van der Waals surface area (Å²) in [5, 5.41) is 0. The first-order valence-electron chi connectivity index (χ1n) is 5.80. The van der Waals surface area contributed by atoms with E-state index in [-0.39, 0.29) is 12.0 Å². The van der Waals surface area contributed by atoms with Crippen molar-refractivity contribution in [2.45, 2.75) is 25.1 Å². The maximum Gasteiger partial charge on any atom is 0.417 e. The van der Waals surface area contributed by atoms with Crippen molar-refractivity contribution in [3.8, 4) is 0 Å². The second-order valence-corrected chi connectivity index (χ2v) is 4.21. The molecular weight excluding hydrogens is 259 g/mol. The van der Waals surface area contributed by atoms with Crippen LogP contribution in [0, 0.1) is 0 Å². The van der Waals surface area contributed by atoms with E-state index in [0.29, 0.717) is 13.0 Å². The van der Waals surface area contributed by atoms with Crippen LogP contribution in [0.5, 0.6) is 0 Å². The number of hydrogen-bond acceptors (Lipinski definition) is 3. The smallest absolute Gasteiger partial charge is 0.385 e. The van der Waals surface area contributed by atoms with Crippen LogP contribution in [-0.4, -0.2) is 25.5 Å². The summed E-state index contributed by atoms with van der Waals surface area (Å²) in [5.41, 5.74) is 4.43. The molecule has 1 aromatic rings. The van der Waals surface area contributed by atoms with Crippen molar-refractivity contribution < 1.29 is 22.7 Å². The number of benzene rings is 1. The van der Waals surface area contributed by atoms with Gasteiger partial charge in [0.25, 0.3) is 0 Å². The lowest BCUT2D eigenvalue weighted by molar-refractivity contribution is -0.137. The first-order valence-corrected chi connectivity index (χ1v) is 5.80. The van der Waals surface area contributed by atoms with E-state index in [0.717, 1.165) is 6.07 Å². The molecule has 0 saturated carbocycles. The first-order chi connectivity index (χ1) is 8.86. The second kappa shape index (κ2) is 6.68. The van der Waals surface area contributed by atoms with E-state index in [1.807, 2.05) is 0 Å². The summed E-state index contributed by atoms with van der Waals surface area (Å²) in [6.45, 7) is 0.370. The average molecular weight is 275 g/mol. The lowest BCUT2D eigenvalue weighted by Crippen LogP contribution is -2.26. The molecule has 6 heteroatoms. The Kier molecular flexibility index (Phi) is 5.50. The van der Waals surface area contributed by atoms with Gasteiger partial charge in [-0.25, -0.2) is 0 Å². The van der Waals surface area contributed by atoms with Crippen LogP contribution in [-0.2, 0) is 10.9 Å². The Morgan fingerprint density at radius 3 is 2.58 bits per heavy atom. The van der Waals surface area contributed by atoms with Crippen LogP contribution >= 0.6 is 0 Å². The van der Waals surface area contributed by atoms with Gasteiger partial charge in [-0.3, -0.25) is 4.79 Å². The Bertz CT molecular complexity index is 432. The fourth-order valence-corrected chi connectivity index (χ4v) is 1.69. The van der Waals surface area contributed by atoms with Gasteiger partial charge in [0.15, 0.2) is 5.78 Å². The number of methoxy groups -OCH3 is 1. The molecule has 0 aromatic heterocycles. The van der Waals surface area contributed by atoms with Gasteiger partial charge in [0.2, 0.25) is 0 Å². The lowest BCUT2D eigenvalue weighted by atomic mass is 9.98. The topological polar surface area (TPSA) is 52.3 Å². The molecule has 19 heavy (non-hydrogen) atoms. The van der Waals surface area contributed by atoms with Gasteiger partial charge >= 0.3 is 6.18 Å². The molecule has 0 aliphatic carbocycles. The van der Waals surface area contributed by atoms with E-state index in [2.05, 4.69) is 0 Å². The van der Waals surface area contributed by atoms with Crippen LogP contribution in [0.15, 0.2) is 24.3 Å². The number of halogens is 3. The van der Waals surface area contributed by atoms with Crippen LogP contribution < -0.4 is 5.73 Å². The van der Waals surface area contributed by atoms with Gasteiger partial charge in [0.05, 0.1) is 5.56 Å². The minimum absolute atomic E-state index is 0.129. The Morgan fingerprint density at radius 1 is 1.37 bits per heavy atom. The third-order valence-corrected chi connectivity index (χ3v) is 2.67. The summed E-state index contributed by atoms with van der Waals surface area (Å²) < 4.78 is 43.0. The molecule has 1 unspecified atom stereocenters. The number of rotatable bonds is 6. The number of carbonyl (C=O) groups is 1. The number of carbonyl (C=O) groups excluding carboxylic acids is 1. The fraction of sp³-hybridized carbons (Fsp3) is 0.462. The summed E-state index contributed by atoms with van der Waals surface area (Å²) in [4.78, 5) is 11.9. The van der Waals surface area contributed by atoms with Crippen molar-refractivity contribution >= 4 is 5.78 Å². The summed E-state index contributed by atoms with van der Waals surface area (Å²) in [6.07, 6.45) is -4.24. The molecule has 1 atom stereocenters. The van der Waals surface area contributed by atoms with Crippen molar-refractivity contribution in [1.29, 1.82) is 0 Å². The van der Waals surface area contributed by atoms with Gasteiger partial charge in [-0.1, -0.05) is 18.2 Å². The van der Waals surface area contributed by atoms with Crippen molar-refractivity contribution in [2.24, 2.45) is 5.73 Å². The molecule has 0 bridgehead atoms. The van der Waals surface area contributed by atoms with E-state index in [1.54, 1.807) is 0 Å². The Balaban J connectivity index is 2.83. The summed E-state index contributed by atoms with van der Waals surface area (Å²) in [6, 6.07) is 4.23. The van der Waals surface area contributed by atoms with E-state index < -0.39 is 23.6 Å². The number of Topliss-reactive ketones (excluding diaryl/α,β-unsaturated/α-hetero) is 1. The second-order valence-electron chi connectivity index (χ2n) is 4.21. The van der Waals surface area contributed by atoms with Crippen molar-refractivity contribution in [2.75, 3.05) is 13.7 Å². The SMILES string of the molecule is COCCC(N)CC(=O)c1ccccc1C(F)(F)F. The van der Waals surface area contributed by atoms with Gasteiger partial charge in [-0.2, -0.15) is 13.2 Å². The summed E-state index contributed by atoms with van der Waals surface area (Å²) in [5.74, 6) is -0.600. The lowest BCUT2D eigenvalue weighted by Gasteiger charge is -2.14. The van der Waals surface area contributed by atoms with Gasteiger partial charge < -0.3 is 10.5 Å². The summed E-state index contributed by atoms with van der Waals surface area (Å²) >= 11 is 0. The van der Waals surface area contributed by atoms with Crippen molar-refractivity contribution in [1.82, 2.24) is 0 Å². The zero-order valence-corrected chi connectivity index (χ0v) is 10.5. The normalized spacial score (nSPS) is 13.3. The number of ether oxygens (including phenoxy) is 1. The van der Waals surface area contributed by atoms with E-state index in [4.69, 9.17) is 10.5 Å². The molecule has 106 valence electrons. The molecule has 0 spiro atoms. The molecule has 3 nitrogen and oxygen atoms in total. The fourth-order valence-electron chi connectivity index (χ4n) is 1.69. The number of ketones is 1. The molecule has 1 rings (SSSR count). The van der Waals surface area contributed by atoms with Crippen molar-refractivity contribution in [3.63, 3.8) is 0 Å². The van der Waals surface area contributed by atoms with Crippen molar-refractivity contribution in [3.05, 3.63) is 35.4 Å². The Hall–Kier alpha value is -1.40.